The van der Waals surface area contributed by atoms with Gasteiger partial charge in [-0.3, -0.25) is 0 Å². The highest BCUT2D eigenvalue weighted by atomic mass is 32.2. The van der Waals surface area contributed by atoms with Crippen LogP contribution >= 0.6 is 11.8 Å². The Hall–Kier alpha value is -3.19. The topological polar surface area (TPSA) is 78.4 Å². The van der Waals surface area contributed by atoms with Crippen LogP contribution in [0, 0.1) is 0 Å². The Bertz CT molecular complexity index is 1100. The molecule has 0 unspecified atom stereocenters. The van der Waals surface area contributed by atoms with Gasteiger partial charge in [0, 0.05) is 23.7 Å². The van der Waals surface area contributed by atoms with E-state index < -0.39 is 18.0 Å². The van der Waals surface area contributed by atoms with Gasteiger partial charge in [-0.2, -0.15) is 0 Å². The molecule has 0 amide bonds. The SMILES string of the molecule is CCCCCCCCCCSc1ncc(-c2ccc(C(=O)O[C@@H](C)C(=O)OCc3ccccc3)cc2)cn1. The molecule has 0 aliphatic heterocycles. The molecule has 0 N–H and O–H groups in total. The Kier molecular flexibility index (Phi) is 12.8. The number of thioether (sulfide) groups is 1. The van der Waals surface area contributed by atoms with Crippen molar-refractivity contribution in [1.82, 2.24) is 9.97 Å². The molecule has 0 saturated heterocycles. The van der Waals surface area contributed by atoms with E-state index in [0.29, 0.717) is 5.56 Å². The second-order valence-electron chi connectivity index (χ2n) is 9.30. The predicted octanol–water partition coefficient (Wildman–Crippen LogP) is 7.67. The van der Waals surface area contributed by atoms with Crippen molar-refractivity contribution in [2.45, 2.75) is 83.1 Å². The Morgan fingerprint density at radius 1 is 0.816 bits per heavy atom. The van der Waals surface area contributed by atoms with Crippen LogP contribution in [0.5, 0.6) is 0 Å². The van der Waals surface area contributed by atoms with Crippen molar-refractivity contribution in [2.24, 2.45) is 0 Å². The van der Waals surface area contributed by atoms with E-state index in [1.165, 1.54) is 58.3 Å². The summed E-state index contributed by atoms with van der Waals surface area (Å²) in [6.07, 6.45) is 13.1. The van der Waals surface area contributed by atoms with Gasteiger partial charge in [0.2, 0.25) is 0 Å². The standard InChI is InChI=1S/C31H38N2O4S/c1-3-4-5-6-7-8-9-13-20-38-31-32-21-28(22-33-31)26-16-18-27(19-17-26)30(35)37-24(2)29(34)36-23-25-14-11-10-12-15-25/h10-12,14-19,21-22,24H,3-9,13,20,23H2,1-2H3/t24-/m0/s1. The quantitative estimate of drug-likeness (QED) is 0.0807. The molecule has 1 atom stereocenters. The molecule has 38 heavy (non-hydrogen) atoms. The lowest BCUT2D eigenvalue weighted by Crippen LogP contribution is -2.26. The van der Waals surface area contributed by atoms with Gasteiger partial charge in [-0.25, -0.2) is 19.6 Å². The first-order valence-corrected chi connectivity index (χ1v) is 14.5. The summed E-state index contributed by atoms with van der Waals surface area (Å²) in [7, 11) is 0. The van der Waals surface area contributed by atoms with E-state index >= 15 is 0 Å². The van der Waals surface area contributed by atoms with Gasteiger partial charge in [0.1, 0.15) is 6.61 Å². The van der Waals surface area contributed by atoms with E-state index in [0.717, 1.165) is 27.6 Å². The van der Waals surface area contributed by atoms with Crippen LogP contribution in [0.25, 0.3) is 11.1 Å². The van der Waals surface area contributed by atoms with Gasteiger partial charge in [-0.05, 0) is 36.6 Å². The first kappa shape index (κ1) is 29.4. The van der Waals surface area contributed by atoms with Gasteiger partial charge in [0.05, 0.1) is 5.56 Å². The third-order valence-electron chi connectivity index (χ3n) is 6.15. The molecule has 3 rings (SSSR count). The summed E-state index contributed by atoms with van der Waals surface area (Å²) in [5, 5.41) is 0.782. The molecule has 0 aliphatic rings. The fourth-order valence-corrected chi connectivity index (χ4v) is 4.65. The summed E-state index contributed by atoms with van der Waals surface area (Å²) in [6, 6.07) is 16.3. The van der Waals surface area contributed by atoms with Gasteiger partial charge < -0.3 is 9.47 Å². The van der Waals surface area contributed by atoms with E-state index in [4.69, 9.17) is 9.47 Å². The third-order valence-corrected chi connectivity index (χ3v) is 7.11. The van der Waals surface area contributed by atoms with Crippen LogP contribution in [0.4, 0.5) is 0 Å². The van der Waals surface area contributed by atoms with E-state index in [-0.39, 0.29) is 6.61 Å². The molecule has 0 fully saturated rings. The molecule has 202 valence electrons. The minimum atomic E-state index is -1.00. The molecule has 0 saturated carbocycles. The summed E-state index contributed by atoms with van der Waals surface area (Å²) in [6.45, 7) is 3.89. The smallest absolute Gasteiger partial charge is 0.347 e. The van der Waals surface area contributed by atoms with Gasteiger partial charge >= 0.3 is 11.9 Å². The van der Waals surface area contributed by atoms with E-state index in [1.807, 2.05) is 42.5 Å². The number of ether oxygens (including phenoxy) is 2. The third kappa shape index (κ3) is 10.3. The zero-order valence-corrected chi connectivity index (χ0v) is 23.3. The lowest BCUT2D eigenvalue weighted by molar-refractivity contribution is -0.154. The zero-order chi connectivity index (χ0) is 27.0. The van der Waals surface area contributed by atoms with Crippen molar-refractivity contribution in [3.63, 3.8) is 0 Å². The van der Waals surface area contributed by atoms with Crippen LogP contribution < -0.4 is 0 Å². The highest BCUT2D eigenvalue weighted by Gasteiger charge is 2.20. The fourth-order valence-electron chi connectivity index (χ4n) is 3.86. The summed E-state index contributed by atoms with van der Waals surface area (Å²) in [5.74, 6) is -0.135. The van der Waals surface area contributed by atoms with Crippen LogP contribution in [0.1, 0.15) is 81.1 Å². The number of nitrogens with zero attached hydrogens (tertiary/aromatic N) is 2. The number of aromatic nitrogens is 2. The van der Waals surface area contributed by atoms with Crippen LogP contribution in [-0.4, -0.2) is 33.8 Å². The van der Waals surface area contributed by atoms with Gasteiger partial charge in [0.25, 0.3) is 0 Å². The summed E-state index contributed by atoms with van der Waals surface area (Å²) >= 11 is 1.69. The number of unbranched alkanes of at least 4 members (excludes halogenated alkanes) is 7. The lowest BCUT2D eigenvalue weighted by atomic mass is 10.1. The van der Waals surface area contributed by atoms with Gasteiger partial charge in [0.15, 0.2) is 11.3 Å². The molecule has 0 bridgehead atoms. The maximum Gasteiger partial charge on any atom is 0.347 e. The second kappa shape index (κ2) is 16.6. The molecular weight excluding hydrogens is 496 g/mol. The van der Waals surface area contributed by atoms with E-state index in [1.54, 1.807) is 36.3 Å². The van der Waals surface area contributed by atoms with Gasteiger partial charge in [-0.1, -0.05) is 106 Å². The maximum absolute atomic E-state index is 12.5. The number of carbonyl (C=O) groups excluding carboxylic acids is 2. The van der Waals surface area contributed by atoms with Crippen molar-refractivity contribution >= 4 is 23.7 Å². The first-order valence-electron chi connectivity index (χ1n) is 13.5. The first-order chi connectivity index (χ1) is 18.6. The summed E-state index contributed by atoms with van der Waals surface area (Å²) in [4.78, 5) is 33.7. The molecule has 6 nitrogen and oxygen atoms in total. The molecule has 1 heterocycles. The van der Waals surface area contributed by atoms with E-state index in [2.05, 4.69) is 16.9 Å². The van der Waals surface area contributed by atoms with Crippen molar-refractivity contribution in [3.05, 3.63) is 78.1 Å². The molecular formula is C31H38N2O4S. The van der Waals surface area contributed by atoms with Crippen molar-refractivity contribution in [2.75, 3.05) is 5.75 Å². The van der Waals surface area contributed by atoms with E-state index in [9.17, 15) is 9.59 Å². The summed E-state index contributed by atoms with van der Waals surface area (Å²) in [5.41, 5.74) is 3.00. The molecule has 3 aromatic rings. The van der Waals surface area contributed by atoms with Gasteiger partial charge in [-0.15, -0.1) is 0 Å². The number of benzene rings is 2. The number of rotatable bonds is 16. The summed E-state index contributed by atoms with van der Waals surface area (Å²) < 4.78 is 10.5. The average Bonchev–Trinajstić information content (AvgIpc) is 2.96. The molecule has 0 aliphatic carbocycles. The average molecular weight is 535 g/mol. The largest absolute Gasteiger partial charge is 0.458 e. The molecule has 1 aromatic heterocycles. The molecule has 0 spiro atoms. The maximum atomic E-state index is 12.5. The van der Waals surface area contributed by atoms with Crippen LogP contribution in [-0.2, 0) is 20.9 Å². The minimum Gasteiger partial charge on any atom is -0.458 e. The van der Waals surface area contributed by atoms with Crippen molar-refractivity contribution in [3.8, 4) is 11.1 Å². The normalized spacial score (nSPS) is 11.6. The second-order valence-corrected chi connectivity index (χ2v) is 10.4. The van der Waals surface area contributed by atoms with Crippen LogP contribution in [0.3, 0.4) is 0 Å². The monoisotopic (exact) mass is 534 g/mol. The number of hydrogen-bond donors (Lipinski definition) is 0. The molecule has 0 radical (unpaired) electrons. The predicted molar refractivity (Wildman–Crippen MR) is 152 cm³/mol. The zero-order valence-electron chi connectivity index (χ0n) is 22.4. The van der Waals surface area contributed by atoms with Crippen molar-refractivity contribution in [1.29, 1.82) is 0 Å². The number of esters is 2. The molecule has 7 heteroatoms. The number of carbonyl (C=O) groups is 2. The molecule has 2 aromatic carbocycles. The Labute approximate surface area is 230 Å². The van der Waals surface area contributed by atoms with Crippen LogP contribution in [0.15, 0.2) is 72.1 Å². The number of hydrogen-bond acceptors (Lipinski definition) is 7. The highest BCUT2D eigenvalue weighted by molar-refractivity contribution is 7.99. The lowest BCUT2D eigenvalue weighted by Gasteiger charge is -2.13. The highest BCUT2D eigenvalue weighted by Crippen LogP contribution is 2.22. The van der Waals surface area contributed by atoms with Crippen molar-refractivity contribution < 1.29 is 19.1 Å². The Balaban J connectivity index is 1.39. The Morgan fingerprint density at radius 3 is 2.11 bits per heavy atom. The minimum absolute atomic E-state index is 0.134. The fraction of sp³-hybridized carbons (Fsp3) is 0.419. The Morgan fingerprint density at radius 2 is 1.45 bits per heavy atom. The van der Waals surface area contributed by atoms with Crippen LogP contribution in [0.2, 0.25) is 0 Å².